The van der Waals surface area contributed by atoms with Gasteiger partial charge in [-0.05, 0) is 61.4 Å². The van der Waals surface area contributed by atoms with Crippen molar-refractivity contribution >= 4 is 45.6 Å². The summed E-state index contributed by atoms with van der Waals surface area (Å²) in [5.74, 6) is -2.86. The Bertz CT molecular complexity index is 1040. The van der Waals surface area contributed by atoms with Crippen LogP contribution in [0.3, 0.4) is 0 Å². The summed E-state index contributed by atoms with van der Waals surface area (Å²) < 4.78 is 24.9. The first-order chi connectivity index (χ1) is 14.3. The van der Waals surface area contributed by atoms with Crippen molar-refractivity contribution in [1.29, 1.82) is 0 Å². The van der Waals surface area contributed by atoms with Crippen molar-refractivity contribution in [3.05, 3.63) is 71.3 Å². The fourth-order valence-electron chi connectivity index (χ4n) is 3.80. The molecule has 0 bridgehead atoms. The minimum atomic E-state index is -1.30. The highest BCUT2D eigenvalue weighted by atomic mass is 32.2. The van der Waals surface area contributed by atoms with Gasteiger partial charge in [0.25, 0.3) is 0 Å². The molecule has 5 nitrogen and oxygen atoms in total. The molecule has 2 aromatic rings. The average Bonchev–Trinajstić information content (AvgIpc) is 3.18. The molecule has 2 fully saturated rings. The van der Waals surface area contributed by atoms with Gasteiger partial charge in [-0.25, -0.2) is 8.78 Å². The lowest BCUT2D eigenvalue weighted by Crippen LogP contribution is -2.38. The molecule has 1 saturated heterocycles. The third-order valence-corrected chi connectivity index (χ3v) is 7.96. The van der Waals surface area contributed by atoms with Crippen molar-refractivity contribution < 1.29 is 28.0 Å². The fourth-order valence-corrected chi connectivity index (χ4v) is 6.51. The van der Waals surface area contributed by atoms with Gasteiger partial charge in [0.05, 0.1) is 5.92 Å². The van der Waals surface area contributed by atoms with Gasteiger partial charge in [0, 0.05) is 16.4 Å². The lowest BCUT2D eigenvalue weighted by atomic mass is 9.98. The van der Waals surface area contributed by atoms with Crippen LogP contribution in [-0.2, 0) is 9.59 Å². The first-order valence-corrected chi connectivity index (χ1v) is 10.8. The van der Waals surface area contributed by atoms with Crippen LogP contribution in [0.15, 0.2) is 48.5 Å². The number of benzene rings is 2. The van der Waals surface area contributed by atoms with Gasteiger partial charge in [0.2, 0.25) is 22.0 Å². The Labute approximate surface area is 179 Å². The minimum Gasteiger partial charge on any atom is -0.295 e. The number of carbonyl (C=O) groups is 4. The summed E-state index contributed by atoms with van der Waals surface area (Å²) in [7, 11) is 0. The van der Waals surface area contributed by atoms with Gasteiger partial charge in [-0.3, -0.25) is 24.5 Å². The molecule has 0 radical (unpaired) electrons. The summed E-state index contributed by atoms with van der Waals surface area (Å²) >= 11 is 1.68. The molecule has 1 unspecified atom stereocenters. The van der Waals surface area contributed by atoms with E-state index in [9.17, 15) is 28.0 Å². The van der Waals surface area contributed by atoms with Crippen molar-refractivity contribution in [2.24, 2.45) is 5.92 Å². The number of hydrogen-bond donors (Lipinski definition) is 1. The Morgan fingerprint density at radius 3 is 2.00 bits per heavy atom. The third-order valence-electron chi connectivity index (χ3n) is 5.27. The van der Waals surface area contributed by atoms with Gasteiger partial charge in [-0.1, -0.05) is 23.5 Å². The van der Waals surface area contributed by atoms with Crippen molar-refractivity contribution in [1.82, 2.24) is 5.32 Å². The Kier molecular flexibility index (Phi) is 5.50. The van der Waals surface area contributed by atoms with E-state index in [0.717, 1.165) is 35.7 Å². The van der Waals surface area contributed by atoms with Gasteiger partial charge in [-0.2, -0.15) is 0 Å². The van der Waals surface area contributed by atoms with Crippen LogP contribution in [0.2, 0.25) is 0 Å². The summed E-state index contributed by atoms with van der Waals surface area (Å²) in [5, 5.41) is 1.01. The third kappa shape index (κ3) is 3.67. The highest BCUT2D eigenvalue weighted by Crippen LogP contribution is 2.54. The maximum atomic E-state index is 13.1. The average molecular weight is 447 g/mol. The Balaban J connectivity index is 1.55. The van der Waals surface area contributed by atoms with Crippen LogP contribution in [0.5, 0.6) is 0 Å². The van der Waals surface area contributed by atoms with Crippen molar-refractivity contribution in [2.45, 2.75) is 22.8 Å². The van der Waals surface area contributed by atoms with Crippen LogP contribution in [0.25, 0.3) is 0 Å². The molecule has 1 heterocycles. The smallest absolute Gasteiger partial charge is 0.244 e. The standard InChI is InChI=1S/C21H15F2NO4S2/c22-13-5-1-11(2-6-13)18(26)29-15-9-10-21(16(15)17(25)24-20(21)28)30-19(27)12-3-7-14(23)8-4-12/h1-8,15-16H,9-10H2,(H,24,25,28)/t15?,16-,21+/m0/s1. The van der Waals surface area contributed by atoms with E-state index in [-0.39, 0.29) is 17.1 Å². The monoisotopic (exact) mass is 447 g/mol. The largest absolute Gasteiger partial charge is 0.295 e. The van der Waals surface area contributed by atoms with E-state index in [1.807, 2.05) is 0 Å². The second-order valence-electron chi connectivity index (χ2n) is 7.07. The highest BCUT2D eigenvalue weighted by molar-refractivity contribution is 8.16. The number of rotatable bonds is 4. The van der Waals surface area contributed by atoms with Crippen LogP contribution >= 0.6 is 23.5 Å². The van der Waals surface area contributed by atoms with Crippen molar-refractivity contribution in [3.63, 3.8) is 0 Å². The Hall–Kier alpha value is -2.52. The molecular formula is C21H15F2NO4S2. The molecule has 1 aliphatic heterocycles. The molecule has 0 aromatic heterocycles. The Morgan fingerprint density at radius 2 is 1.43 bits per heavy atom. The number of carbonyl (C=O) groups excluding carboxylic acids is 4. The summed E-state index contributed by atoms with van der Waals surface area (Å²) in [5.41, 5.74) is 0.513. The molecule has 0 spiro atoms. The van der Waals surface area contributed by atoms with Crippen molar-refractivity contribution in [2.75, 3.05) is 0 Å². The normalized spacial score (nSPS) is 25.1. The van der Waals surface area contributed by atoms with Crippen LogP contribution < -0.4 is 5.32 Å². The van der Waals surface area contributed by atoms with Crippen LogP contribution in [0.1, 0.15) is 33.6 Å². The van der Waals surface area contributed by atoms with Crippen LogP contribution in [-0.4, -0.2) is 32.0 Å². The molecule has 2 aromatic carbocycles. The maximum Gasteiger partial charge on any atom is 0.244 e. The van der Waals surface area contributed by atoms with E-state index in [1.54, 1.807) is 0 Å². The second-order valence-corrected chi connectivity index (χ2v) is 9.59. The minimum absolute atomic E-state index is 0.222. The van der Waals surface area contributed by atoms with Crippen molar-refractivity contribution in [3.8, 4) is 0 Å². The summed E-state index contributed by atoms with van der Waals surface area (Å²) in [4.78, 5) is 50.5. The molecule has 154 valence electrons. The van der Waals surface area contributed by atoms with E-state index >= 15 is 0 Å². The quantitative estimate of drug-likeness (QED) is 0.722. The number of thioether (sulfide) groups is 2. The molecule has 1 saturated carbocycles. The topological polar surface area (TPSA) is 80.3 Å². The van der Waals surface area contributed by atoms with Gasteiger partial charge < -0.3 is 0 Å². The Morgan fingerprint density at radius 1 is 0.900 bits per heavy atom. The summed E-state index contributed by atoms with van der Waals surface area (Å²) in [6.45, 7) is 0. The van der Waals surface area contributed by atoms with E-state index in [4.69, 9.17) is 0 Å². The molecule has 4 rings (SSSR count). The van der Waals surface area contributed by atoms with E-state index in [0.29, 0.717) is 12.0 Å². The SMILES string of the molecule is O=C(SC1CC[C@]2(SC(=O)c3ccc(F)cc3)C(=O)NC(=O)[C@H]12)c1ccc(F)cc1. The first kappa shape index (κ1) is 20.7. The van der Waals surface area contributed by atoms with Crippen LogP contribution in [0, 0.1) is 17.6 Å². The molecule has 3 atom stereocenters. The lowest BCUT2D eigenvalue weighted by Gasteiger charge is -2.24. The van der Waals surface area contributed by atoms with Gasteiger partial charge >= 0.3 is 0 Å². The number of halogens is 2. The molecule has 9 heteroatoms. The zero-order valence-electron chi connectivity index (χ0n) is 15.4. The molecular weight excluding hydrogens is 432 g/mol. The second kappa shape index (κ2) is 7.96. The van der Waals surface area contributed by atoms with E-state index in [1.165, 1.54) is 36.4 Å². The molecule has 2 amide bonds. The first-order valence-electron chi connectivity index (χ1n) is 9.11. The maximum absolute atomic E-state index is 13.1. The van der Waals surface area contributed by atoms with E-state index < -0.39 is 44.5 Å². The summed E-state index contributed by atoms with van der Waals surface area (Å²) in [6.07, 6.45) is 0.645. The molecule has 1 N–H and O–H groups in total. The fraction of sp³-hybridized carbons (Fsp3) is 0.238. The zero-order valence-corrected chi connectivity index (χ0v) is 17.0. The molecule has 2 aliphatic rings. The van der Waals surface area contributed by atoms with Gasteiger partial charge in [-0.15, -0.1) is 0 Å². The van der Waals surface area contributed by atoms with Gasteiger partial charge in [0.1, 0.15) is 16.4 Å². The number of nitrogens with one attached hydrogen (secondary N) is 1. The number of fused-ring (bicyclic) bond motifs is 1. The number of amides is 2. The number of imide groups is 1. The summed E-state index contributed by atoms with van der Waals surface area (Å²) in [6, 6.07) is 10.0. The predicted octanol–water partition coefficient (Wildman–Crippen LogP) is 3.59. The number of hydrogen-bond acceptors (Lipinski definition) is 6. The molecule has 1 aliphatic carbocycles. The van der Waals surface area contributed by atoms with E-state index in [2.05, 4.69) is 5.32 Å². The predicted molar refractivity (Wildman–Crippen MR) is 109 cm³/mol. The highest BCUT2D eigenvalue weighted by Gasteiger charge is 2.63. The van der Waals surface area contributed by atoms with Crippen LogP contribution in [0.4, 0.5) is 8.78 Å². The lowest BCUT2D eigenvalue weighted by molar-refractivity contribution is -0.126. The van der Waals surface area contributed by atoms with Gasteiger partial charge in [0.15, 0.2) is 0 Å². The molecule has 30 heavy (non-hydrogen) atoms. The zero-order chi connectivity index (χ0) is 21.5.